The van der Waals surface area contributed by atoms with Crippen molar-refractivity contribution >= 4 is 22.5 Å². The minimum atomic E-state index is -0.840. The first-order valence-electron chi connectivity index (χ1n) is 6.61. The predicted octanol–water partition coefficient (Wildman–Crippen LogP) is 4.30. The average Bonchev–Trinajstić information content (AvgIpc) is 2.50. The van der Waals surface area contributed by atoms with E-state index in [9.17, 15) is 9.50 Å². The topological polar surface area (TPSA) is 33.1 Å². The molecular formula is C17H13ClFNO. The standard InChI is InChI=1S/C17H13ClFNO/c18-14-6-2-7-15(19)13(14)10-17(21)12-4-1-8-16-11(12)5-3-9-20-16/h1-9,17,21H,10H2. The third kappa shape index (κ3) is 2.75. The predicted molar refractivity (Wildman–Crippen MR) is 81.8 cm³/mol. The fraction of sp³-hybridized carbons (Fsp3) is 0.118. The number of aliphatic hydroxyl groups excluding tert-OH is 1. The Kier molecular flexibility index (Phi) is 3.86. The van der Waals surface area contributed by atoms with E-state index in [1.54, 1.807) is 18.3 Å². The number of hydrogen-bond acceptors (Lipinski definition) is 2. The summed E-state index contributed by atoms with van der Waals surface area (Å²) in [6, 6.07) is 13.8. The highest BCUT2D eigenvalue weighted by molar-refractivity contribution is 6.31. The molecule has 21 heavy (non-hydrogen) atoms. The van der Waals surface area contributed by atoms with Crippen molar-refractivity contribution in [2.45, 2.75) is 12.5 Å². The summed E-state index contributed by atoms with van der Waals surface area (Å²) in [4.78, 5) is 4.26. The first-order chi connectivity index (χ1) is 10.2. The van der Waals surface area contributed by atoms with Crippen molar-refractivity contribution in [3.8, 4) is 0 Å². The van der Waals surface area contributed by atoms with Crippen LogP contribution in [0, 0.1) is 5.82 Å². The summed E-state index contributed by atoms with van der Waals surface area (Å²) in [6.45, 7) is 0. The van der Waals surface area contributed by atoms with Crippen LogP contribution in [0.15, 0.2) is 54.7 Å². The molecular weight excluding hydrogens is 289 g/mol. The van der Waals surface area contributed by atoms with Crippen molar-refractivity contribution < 1.29 is 9.50 Å². The molecule has 106 valence electrons. The van der Waals surface area contributed by atoms with Crippen LogP contribution in [0.3, 0.4) is 0 Å². The van der Waals surface area contributed by atoms with Crippen molar-refractivity contribution in [1.29, 1.82) is 0 Å². The van der Waals surface area contributed by atoms with Crippen molar-refractivity contribution in [2.75, 3.05) is 0 Å². The van der Waals surface area contributed by atoms with E-state index < -0.39 is 11.9 Å². The number of fused-ring (bicyclic) bond motifs is 1. The molecule has 1 N–H and O–H groups in total. The maximum Gasteiger partial charge on any atom is 0.127 e. The molecule has 3 aromatic rings. The second-order valence-corrected chi connectivity index (χ2v) is 5.24. The zero-order valence-corrected chi connectivity index (χ0v) is 11.9. The average molecular weight is 302 g/mol. The lowest BCUT2D eigenvalue weighted by Crippen LogP contribution is -2.05. The van der Waals surface area contributed by atoms with Crippen LogP contribution < -0.4 is 0 Å². The summed E-state index contributed by atoms with van der Waals surface area (Å²) in [5.41, 5.74) is 1.85. The molecule has 0 aliphatic rings. The van der Waals surface area contributed by atoms with Crippen LogP contribution in [0.5, 0.6) is 0 Å². The minimum absolute atomic E-state index is 0.125. The molecule has 1 aromatic heterocycles. The van der Waals surface area contributed by atoms with Gasteiger partial charge in [0.25, 0.3) is 0 Å². The van der Waals surface area contributed by atoms with Gasteiger partial charge >= 0.3 is 0 Å². The Labute approximate surface area is 126 Å². The second kappa shape index (κ2) is 5.80. The van der Waals surface area contributed by atoms with Gasteiger partial charge in [-0.1, -0.05) is 35.9 Å². The number of nitrogens with zero attached hydrogens (tertiary/aromatic N) is 1. The van der Waals surface area contributed by atoms with E-state index in [2.05, 4.69) is 4.98 Å². The highest BCUT2D eigenvalue weighted by atomic mass is 35.5. The lowest BCUT2D eigenvalue weighted by molar-refractivity contribution is 0.178. The summed E-state index contributed by atoms with van der Waals surface area (Å²) >= 11 is 6.02. The van der Waals surface area contributed by atoms with Gasteiger partial charge < -0.3 is 5.11 Å². The molecule has 0 fully saturated rings. The Morgan fingerprint density at radius 2 is 1.90 bits per heavy atom. The Morgan fingerprint density at radius 1 is 1.10 bits per heavy atom. The smallest absolute Gasteiger partial charge is 0.127 e. The zero-order valence-electron chi connectivity index (χ0n) is 11.1. The Bertz CT molecular complexity index is 765. The van der Waals surface area contributed by atoms with Gasteiger partial charge in [-0.3, -0.25) is 4.98 Å². The van der Waals surface area contributed by atoms with Crippen LogP contribution in [-0.4, -0.2) is 10.1 Å². The highest BCUT2D eigenvalue weighted by Crippen LogP contribution is 2.29. The number of hydrogen-bond donors (Lipinski definition) is 1. The SMILES string of the molecule is OC(Cc1c(F)cccc1Cl)c1cccc2ncccc12. The molecule has 0 saturated carbocycles. The number of pyridine rings is 1. The van der Waals surface area contributed by atoms with Gasteiger partial charge in [0.15, 0.2) is 0 Å². The maximum atomic E-state index is 13.8. The van der Waals surface area contributed by atoms with Gasteiger partial charge in [-0.2, -0.15) is 0 Å². The molecule has 1 unspecified atom stereocenters. The van der Waals surface area contributed by atoms with Crippen LogP contribution in [-0.2, 0) is 6.42 Å². The van der Waals surface area contributed by atoms with Gasteiger partial charge in [0.2, 0.25) is 0 Å². The molecule has 0 aliphatic carbocycles. The fourth-order valence-corrected chi connectivity index (χ4v) is 2.69. The second-order valence-electron chi connectivity index (χ2n) is 4.84. The van der Waals surface area contributed by atoms with Gasteiger partial charge in [-0.25, -0.2) is 4.39 Å². The van der Waals surface area contributed by atoms with Gasteiger partial charge in [0, 0.05) is 28.6 Å². The highest BCUT2D eigenvalue weighted by Gasteiger charge is 2.16. The lowest BCUT2D eigenvalue weighted by Gasteiger charge is -2.15. The third-order valence-corrected chi connectivity index (χ3v) is 3.85. The van der Waals surface area contributed by atoms with Crippen LogP contribution in [0.1, 0.15) is 17.2 Å². The Balaban J connectivity index is 2.00. The lowest BCUT2D eigenvalue weighted by atomic mass is 9.97. The molecule has 0 radical (unpaired) electrons. The van der Waals surface area contributed by atoms with E-state index in [1.165, 1.54) is 6.07 Å². The van der Waals surface area contributed by atoms with Crippen LogP contribution in [0.2, 0.25) is 5.02 Å². The van der Waals surface area contributed by atoms with Gasteiger partial charge in [-0.05, 0) is 29.8 Å². The molecule has 0 spiro atoms. The summed E-state index contributed by atoms with van der Waals surface area (Å²) in [6.07, 6.45) is 0.985. The number of aliphatic hydroxyl groups is 1. The number of rotatable bonds is 3. The van der Waals surface area contributed by atoms with Crippen LogP contribution >= 0.6 is 11.6 Å². The van der Waals surface area contributed by atoms with Crippen LogP contribution in [0.25, 0.3) is 10.9 Å². The molecule has 0 aliphatic heterocycles. The van der Waals surface area contributed by atoms with Crippen molar-refractivity contribution in [3.63, 3.8) is 0 Å². The molecule has 2 aromatic carbocycles. The molecule has 4 heteroatoms. The first kappa shape index (κ1) is 14.0. The fourth-order valence-electron chi connectivity index (χ4n) is 2.45. The van der Waals surface area contributed by atoms with Crippen molar-refractivity contribution in [1.82, 2.24) is 4.98 Å². The molecule has 0 amide bonds. The number of aromatic nitrogens is 1. The van der Waals surface area contributed by atoms with Gasteiger partial charge in [-0.15, -0.1) is 0 Å². The summed E-state index contributed by atoms with van der Waals surface area (Å²) in [5, 5.41) is 11.7. The van der Waals surface area contributed by atoms with E-state index in [0.717, 1.165) is 16.5 Å². The first-order valence-corrected chi connectivity index (χ1v) is 6.99. The van der Waals surface area contributed by atoms with Gasteiger partial charge in [0.05, 0.1) is 11.6 Å². The summed E-state index contributed by atoms with van der Waals surface area (Å²) < 4.78 is 13.8. The van der Waals surface area contributed by atoms with E-state index in [1.807, 2.05) is 30.3 Å². The summed E-state index contributed by atoms with van der Waals surface area (Å²) in [5.74, 6) is -0.403. The molecule has 0 bridgehead atoms. The number of benzene rings is 2. The third-order valence-electron chi connectivity index (χ3n) is 3.50. The zero-order chi connectivity index (χ0) is 14.8. The monoisotopic (exact) mass is 301 g/mol. The quantitative estimate of drug-likeness (QED) is 0.782. The summed E-state index contributed by atoms with van der Waals surface area (Å²) in [7, 11) is 0. The number of halogens is 2. The minimum Gasteiger partial charge on any atom is -0.388 e. The molecule has 2 nitrogen and oxygen atoms in total. The maximum absolute atomic E-state index is 13.8. The van der Waals surface area contributed by atoms with Crippen molar-refractivity contribution in [2.24, 2.45) is 0 Å². The normalized spacial score (nSPS) is 12.5. The van der Waals surface area contributed by atoms with E-state index >= 15 is 0 Å². The van der Waals surface area contributed by atoms with E-state index in [0.29, 0.717) is 10.6 Å². The molecule has 3 rings (SSSR count). The largest absolute Gasteiger partial charge is 0.388 e. The van der Waals surface area contributed by atoms with E-state index in [-0.39, 0.29) is 6.42 Å². The van der Waals surface area contributed by atoms with Gasteiger partial charge in [0.1, 0.15) is 5.82 Å². The Hall–Kier alpha value is -1.97. The molecule has 1 heterocycles. The van der Waals surface area contributed by atoms with Crippen LogP contribution in [0.4, 0.5) is 4.39 Å². The molecule has 0 saturated heterocycles. The Morgan fingerprint density at radius 3 is 2.71 bits per heavy atom. The van der Waals surface area contributed by atoms with Crippen molar-refractivity contribution in [3.05, 3.63) is 76.7 Å². The molecule has 1 atom stereocenters. The van der Waals surface area contributed by atoms with E-state index in [4.69, 9.17) is 11.6 Å².